The van der Waals surface area contributed by atoms with Crippen LogP contribution in [-0.2, 0) is 9.59 Å². The van der Waals surface area contributed by atoms with Crippen LogP contribution in [0.2, 0.25) is 0 Å². The summed E-state index contributed by atoms with van der Waals surface area (Å²) < 4.78 is 0. The van der Waals surface area contributed by atoms with E-state index in [4.69, 9.17) is 5.11 Å². The van der Waals surface area contributed by atoms with Gasteiger partial charge < -0.3 is 10.4 Å². The van der Waals surface area contributed by atoms with Crippen molar-refractivity contribution in [3.8, 4) is 0 Å². The zero-order chi connectivity index (χ0) is 12.5. The fraction of sp³-hybridized carbons (Fsp3) is 0.846. The largest absolute Gasteiger partial charge is 0.481 e. The Bertz CT molecular complexity index is 323. The third-order valence-corrected chi connectivity index (χ3v) is 4.40. The van der Waals surface area contributed by atoms with Gasteiger partial charge in [-0.3, -0.25) is 9.59 Å². The van der Waals surface area contributed by atoms with E-state index in [-0.39, 0.29) is 17.7 Å². The van der Waals surface area contributed by atoms with Gasteiger partial charge in [0.2, 0.25) is 5.91 Å². The average Bonchev–Trinajstić information content (AvgIpc) is 2.72. The molecule has 0 aromatic heterocycles. The second-order valence-electron chi connectivity index (χ2n) is 5.93. The van der Waals surface area contributed by atoms with E-state index in [0.29, 0.717) is 18.3 Å². The topological polar surface area (TPSA) is 66.4 Å². The van der Waals surface area contributed by atoms with Crippen LogP contribution in [0.4, 0.5) is 0 Å². The van der Waals surface area contributed by atoms with Crippen molar-refractivity contribution >= 4 is 11.9 Å². The molecule has 1 amide bonds. The number of nitrogens with one attached hydrogen (secondary N) is 1. The molecule has 2 aliphatic carbocycles. The summed E-state index contributed by atoms with van der Waals surface area (Å²) in [6.07, 6.45) is 5.52. The number of carbonyl (C=O) groups excluding carboxylic acids is 1. The molecule has 2 N–H and O–H groups in total. The van der Waals surface area contributed by atoms with E-state index in [9.17, 15) is 9.59 Å². The molecule has 17 heavy (non-hydrogen) atoms. The van der Waals surface area contributed by atoms with Crippen LogP contribution in [0.25, 0.3) is 0 Å². The lowest BCUT2D eigenvalue weighted by Crippen LogP contribution is -2.41. The molecule has 0 aliphatic heterocycles. The van der Waals surface area contributed by atoms with Gasteiger partial charge in [0.1, 0.15) is 0 Å². The van der Waals surface area contributed by atoms with Crippen LogP contribution >= 0.6 is 0 Å². The minimum atomic E-state index is -0.758. The maximum Gasteiger partial charge on any atom is 0.306 e. The summed E-state index contributed by atoms with van der Waals surface area (Å²) in [5.74, 6) is -1.10. The van der Waals surface area contributed by atoms with Gasteiger partial charge in [0, 0.05) is 12.5 Å². The summed E-state index contributed by atoms with van der Waals surface area (Å²) in [7, 11) is 0. The second-order valence-corrected chi connectivity index (χ2v) is 5.93. The molecule has 0 heterocycles. The summed E-state index contributed by atoms with van der Waals surface area (Å²) in [5, 5.41) is 11.9. The van der Waals surface area contributed by atoms with Gasteiger partial charge in [-0.05, 0) is 37.5 Å². The fourth-order valence-electron chi connectivity index (χ4n) is 2.85. The summed E-state index contributed by atoms with van der Waals surface area (Å²) in [4.78, 5) is 22.7. The van der Waals surface area contributed by atoms with Crippen molar-refractivity contribution in [3.05, 3.63) is 0 Å². The molecule has 2 fully saturated rings. The molecule has 96 valence electrons. The Morgan fingerprint density at radius 3 is 2.41 bits per heavy atom. The van der Waals surface area contributed by atoms with E-state index >= 15 is 0 Å². The Balaban J connectivity index is 1.75. The zero-order valence-electron chi connectivity index (χ0n) is 10.4. The molecule has 2 atom stereocenters. The molecule has 0 unspecified atom stereocenters. The lowest BCUT2D eigenvalue weighted by molar-refractivity contribution is -0.141. The second kappa shape index (κ2) is 4.67. The standard InChI is InChI=1S/C13H21NO3/c1-13(5-2-6-13)8-14-11(15)9-3-4-10(7-9)12(16)17/h9-10H,2-8H2,1H3,(H,14,15)(H,16,17)/t9-,10+/m1/s1. The number of carbonyl (C=O) groups is 2. The third kappa shape index (κ3) is 2.79. The predicted octanol–water partition coefficient (Wildman–Crippen LogP) is 1.79. The molecule has 4 heteroatoms. The molecule has 2 saturated carbocycles. The molecule has 0 spiro atoms. The highest BCUT2D eigenvalue weighted by Crippen LogP contribution is 2.39. The van der Waals surface area contributed by atoms with Crippen molar-refractivity contribution in [3.63, 3.8) is 0 Å². The molecule has 0 aromatic rings. The number of rotatable bonds is 4. The molecule has 0 bridgehead atoms. The number of carboxylic acid groups (broad SMARTS) is 1. The first-order valence-corrected chi connectivity index (χ1v) is 6.51. The minimum Gasteiger partial charge on any atom is -0.481 e. The first-order valence-electron chi connectivity index (χ1n) is 6.51. The summed E-state index contributed by atoms with van der Waals surface area (Å²) >= 11 is 0. The highest BCUT2D eigenvalue weighted by molar-refractivity contribution is 5.80. The van der Waals surface area contributed by atoms with Crippen LogP contribution in [0.3, 0.4) is 0 Å². The normalized spacial score (nSPS) is 30.6. The number of amides is 1. The first kappa shape index (κ1) is 12.4. The van der Waals surface area contributed by atoms with Gasteiger partial charge in [0.25, 0.3) is 0 Å². The number of aliphatic carboxylic acids is 1. The van der Waals surface area contributed by atoms with Crippen molar-refractivity contribution in [1.29, 1.82) is 0 Å². The molecular weight excluding hydrogens is 218 g/mol. The fourth-order valence-corrected chi connectivity index (χ4v) is 2.85. The van der Waals surface area contributed by atoms with Crippen molar-refractivity contribution in [2.24, 2.45) is 17.3 Å². The predicted molar refractivity (Wildman–Crippen MR) is 63.4 cm³/mol. The summed E-state index contributed by atoms with van der Waals surface area (Å²) in [5.41, 5.74) is 0.292. The van der Waals surface area contributed by atoms with Crippen LogP contribution < -0.4 is 5.32 Å². The van der Waals surface area contributed by atoms with Gasteiger partial charge in [-0.25, -0.2) is 0 Å². The third-order valence-electron chi connectivity index (χ3n) is 4.40. The highest BCUT2D eigenvalue weighted by Gasteiger charge is 2.36. The molecule has 4 nitrogen and oxygen atoms in total. The zero-order valence-corrected chi connectivity index (χ0v) is 10.4. The number of hydrogen-bond donors (Lipinski definition) is 2. The maximum atomic E-state index is 11.9. The molecular formula is C13H21NO3. The van der Waals surface area contributed by atoms with Crippen molar-refractivity contribution in [2.45, 2.75) is 45.4 Å². The lowest BCUT2D eigenvalue weighted by atomic mass is 9.70. The molecule has 2 aliphatic rings. The summed E-state index contributed by atoms with van der Waals surface area (Å²) in [6.45, 7) is 2.95. The lowest BCUT2D eigenvalue weighted by Gasteiger charge is -2.38. The Hall–Kier alpha value is -1.06. The average molecular weight is 239 g/mol. The van der Waals surface area contributed by atoms with Gasteiger partial charge in [-0.15, -0.1) is 0 Å². The van der Waals surface area contributed by atoms with Crippen molar-refractivity contribution < 1.29 is 14.7 Å². The summed E-state index contributed by atoms with van der Waals surface area (Å²) in [6, 6.07) is 0. The number of hydrogen-bond acceptors (Lipinski definition) is 2. The van der Waals surface area contributed by atoms with E-state index in [2.05, 4.69) is 12.2 Å². The van der Waals surface area contributed by atoms with Gasteiger partial charge in [-0.1, -0.05) is 13.3 Å². The van der Waals surface area contributed by atoms with Gasteiger partial charge in [0.05, 0.1) is 5.92 Å². The van der Waals surface area contributed by atoms with Crippen molar-refractivity contribution in [1.82, 2.24) is 5.32 Å². The molecule has 0 aromatic carbocycles. The molecule has 2 rings (SSSR count). The van der Waals surface area contributed by atoms with Crippen LogP contribution in [0.1, 0.15) is 45.4 Å². The minimum absolute atomic E-state index is 0.0573. The van der Waals surface area contributed by atoms with Gasteiger partial charge in [-0.2, -0.15) is 0 Å². The van der Waals surface area contributed by atoms with E-state index in [1.54, 1.807) is 0 Å². The van der Waals surface area contributed by atoms with E-state index in [0.717, 1.165) is 13.0 Å². The maximum absolute atomic E-state index is 11.9. The van der Waals surface area contributed by atoms with Crippen LogP contribution in [-0.4, -0.2) is 23.5 Å². The molecule has 0 saturated heterocycles. The van der Waals surface area contributed by atoms with E-state index in [1.165, 1.54) is 19.3 Å². The smallest absolute Gasteiger partial charge is 0.306 e. The van der Waals surface area contributed by atoms with E-state index < -0.39 is 5.97 Å². The van der Waals surface area contributed by atoms with Crippen LogP contribution in [0.5, 0.6) is 0 Å². The van der Waals surface area contributed by atoms with Crippen LogP contribution in [0, 0.1) is 17.3 Å². The Kier molecular flexibility index (Phi) is 3.40. The quantitative estimate of drug-likeness (QED) is 0.786. The highest BCUT2D eigenvalue weighted by atomic mass is 16.4. The number of carboxylic acids is 1. The Labute approximate surface area is 102 Å². The SMILES string of the molecule is CC1(CNC(=O)[C@@H]2CC[C@H](C(=O)O)C2)CCC1. The van der Waals surface area contributed by atoms with Crippen LogP contribution in [0.15, 0.2) is 0 Å². The Morgan fingerprint density at radius 2 is 1.94 bits per heavy atom. The Morgan fingerprint density at radius 1 is 1.29 bits per heavy atom. The monoisotopic (exact) mass is 239 g/mol. The van der Waals surface area contributed by atoms with E-state index in [1.807, 2.05) is 0 Å². The van der Waals surface area contributed by atoms with Crippen molar-refractivity contribution in [2.75, 3.05) is 6.54 Å². The van der Waals surface area contributed by atoms with Gasteiger partial charge in [0.15, 0.2) is 0 Å². The molecule has 0 radical (unpaired) electrons. The van der Waals surface area contributed by atoms with Gasteiger partial charge >= 0.3 is 5.97 Å². The first-order chi connectivity index (χ1) is 8.00.